The van der Waals surface area contributed by atoms with E-state index in [1.54, 1.807) is 12.3 Å². The first-order valence-electron chi connectivity index (χ1n) is 6.58. The first-order chi connectivity index (χ1) is 8.13. The van der Waals surface area contributed by atoms with Crippen molar-refractivity contribution in [2.45, 2.75) is 52.2 Å². The van der Waals surface area contributed by atoms with E-state index >= 15 is 0 Å². The number of aliphatic hydroxyl groups excluding tert-OH is 1. The molecule has 0 aliphatic carbocycles. The van der Waals surface area contributed by atoms with Gasteiger partial charge in [-0.2, -0.15) is 0 Å². The molecule has 1 aromatic heterocycles. The van der Waals surface area contributed by atoms with Crippen molar-refractivity contribution in [2.75, 3.05) is 6.54 Å². The van der Waals surface area contributed by atoms with Gasteiger partial charge in [-0.05, 0) is 44.4 Å². The number of nitrogens with one attached hydrogen (secondary N) is 1. The molecule has 0 aromatic carbocycles. The topological polar surface area (TPSA) is 45.4 Å². The van der Waals surface area contributed by atoms with Crippen LogP contribution in [0, 0.1) is 5.92 Å². The van der Waals surface area contributed by atoms with Crippen molar-refractivity contribution in [3.05, 3.63) is 24.2 Å². The summed E-state index contributed by atoms with van der Waals surface area (Å²) in [6, 6.07) is 3.92. The average Bonchev–Trinajstić information content (AvgIpc) is 2.80. The van der Waals surface area contributed by atoms with Crippen LogP contribution in [0.3, 0.4) is 0 Å². The zero-order chi connectivity index (χ0) is 12.7. The van der Waals surface area contributed by atoms with E-state index < -0.39 is 6.10 Å². The van der Waals surface area contributed by atoms with E-state index in [1.807, 2.05) is 6.07 Å². The van der Waals surface area contributed by atoms with Gasteiger partial charge in [-0.1, -0.05) is 20.3 Å². The zero-order valence-corrected chi connectivity index (χ0v) is 11.1. The minimum atomic E-state index is -0.506. The quantitative estimate of drug-likeness (QED) is 0.732. The summed E-state index contributed by atoms with van der Waals surface area (Å²) in [5.41, 5.74) is 0. The molecule has 0 saturated heterocycles. The van der Waals surface area contributed by atoms with Gasteiger partial charge >= 0.3 is 0 Å². The molecule has 1 heterocycles. The molecule has 1 aromatic rings. The molecule has 0 bridgehead atoms. The number of rotatable bonds is 8. The van der Waals surface area contributed by atoms with Gasteiger partial charge < -0.3 is 14.8 Å². The molecule has 0 radical (unpaired) electrons. The van der Waals surface area contributed by atoms with Crippen molar-refractivity contribution in [3.8, 4) is 0 Å². The highest BCUT2D eigenvalue weighted by Gasteiger charge is 2.14. The van der Waals surface area contributed by atoms with E-state index in [1.165, 1.54) is 12.8 Å². The van der Waals surface area contributed by atoms with Gasteiger partial charge in [0, 0.05) is 6.04 Å². The van der Waals surface area contributed by atoms with Crippen LogP contribution in [0.2, 0.25) is 0 Å². The number of hydrogen-bond donors (Lipinski definition) is 2. The maximum Gasteiger partial charge on any atom is 0.132 e. The van der Waals surface area contributed by atoms with Crippen LogP contribution >= 0.6 is 0 Å². The SMILES string of the molecule is CCCC(C)CNC(C)CC(O)c1ccco1. The summed E-state index contributed by atoms with van der Waals surface area (Å²) in [5.74, 6) is 1.35. The number of hydrogen-bond acceptors (Lipinski definition) is 3. The van der Waals surface area contributed by atoms with Crippen LogP contribution in [-0.2, 0) is 0 Å². The Labute approximate surface area is 104 Å². The largest absolute Gasteiger partial charge is 0.467 e. The Morgan fingerprint density at radius 2 is 2.18 bits per heavy atom. The molecule has 0 saturated carbocycles. The molecule has 0 fully saturated rings. The third-order valence-electron chi connectivity index (χ3n) is 3.04. The molecule has 2 N–H and O–H groups in total. The van der Waals surface area contributed by atoms with Crippen molar-refractivity contribution in [2.24, 2.45) is 5.92 Å². The second-order valence-electron chi connectivity index (χ2n) is 4.97. The maximum absolute atomic E-state index is 9.91. The van der Waals surface area contributed by atoms with Crippen molar-refractivity contribution >= 4 is 0 Å². The Kier molecular flexibility index (Phi) is 6.30. The van der Waals surface area contributed by atoms with Crippen LogP contribution in [-0.4, -0.2) is 17.7 Å². The van der Waals surface area contributed by atoms with E-state index in [9.17, 15) is 5.11 Å². The highest BCUT2D eigenvalue weighted by molar-refractivity contribution is 5.02. The fraction of sp³-hybridized carbons (Fsp3) is 0.714. The van der Waals surface area contributed by atoms with E-state index in [4.69, 9.17) is 4.42 Å². The molecule has 0 amide bonds. The third kappa shape index (κ3) is 5.37. The second kappa shape index (κ2) is 7.51. The standard InChI is InChI=1S/C14H25NO2/c1-4-6-11(2)10-15-12(3)9-13(16)14-7-5-8-17-14/h5,7-8,11-13,15-16H,4,6,9-10H2,1-3H3. The van der Waals surface area contributed by atoms with Gasteiger partial charge in [0.25, 0.3) is 0 Å². The summed E-state index contributed by atoms with van der Waals surface area (Å²) in [4.78, 5) is 0. The van der Waals surface area contributed by atoms with Crippen molar-refractivity contribution in [3.63, 3.8) is 0 Å². The van der Waals surface area contributed by atoms with Gasteiger partial charge in [0.2, 0.25) is 0 Å². The average molecular weight is 239 g/mol. The van der Waals surface area contributed by atoms with Crippen molar-refractivity contribution in [1.82, 2.24) is 5.32 Å². The molecule has 0 aliphatic rings. The highest BCUT2D eigenvalue weighted by Crippen LogP contribution is 2.18. The van der Waals surface area contributed by atoms with Crippen LogP contribution < -0.4 is 5.32 Å². The lowest BCUT2D eigenvalue weighted by Gasteiger charge is -2.19. The molecule has 3 atom stereocenters. The lowest BCUT2D eigenvalue weighted by molar-refractivity contribution is 0.128. The minimum absolute atomic E-state index is 0.300. The molecule has 98 valence electrons. The third-order valence-corrected chi connectivity index (χ3v) is 3.04. The molecule has 0 aliphatic heterocycles. The highest BCUT2D eigenvalue weighted by atomic mass is 16.4. The minimum Gasteiger partial charge on any atom is -0.467 e. The summed E-state index contributed by atoms with van der Waals surface area (Å²) in [7, 11) is 0. The van der Waals surface area contributed by atoms with Crippen LogP contribution in [0.4, 0.5) is 0 Å². The summed E-state index contributed by atoms with van der Waals surface area (Å²) in [5, 5.41) is 13.4. The van der Waals surface area contributed by atoms with Crippen LogP contribution in [0.25, 0.3) is 0 Å². The fourth-order valence-electron chi connectivity index (χ4n) is 2.01. The molecule has 3 nitrogen and oxygen atoms in total. The summed E-state index contributed by atoms with van der Waals surface area (Å²) >= 11 is 0. The smallest absolute Gasteiger partial charge is 0.132 e. The molecule has 3 heteroatoms. The maximum atomic E-state index is 9.91. The number of furan rings is 1. The normalized spacial score (nSPS) is 16.7. The Hall–Kier alpha value is -0.800. The van der Waals surface area contributed by atoms with Crippen molar-refractivity contribution in [1.29, 1.82) is 0 Å². The number of aliphatic hydroxyl groups is 1. The Morgan fingerprint density at radius 3 is 2.76 bits per heavy atom. The summed E-state index contributed by atoms with van der Waals surface area (Å²) in [6.45, 7) is 7.58. The van der Waals surface area contributed by atoms with E-state index in [0.29, 0.717) is 24.1 Å². The van der Waals surface area contributed by atoms with E-state index in [-0.39, 0.29) is 0 Å². The Balaban J connectivity index is 2.22. The molecular formula is C14H25NO2. The van der Waals surface area contributed by atoms with Gasteiger partial charge in [0.05, 0.1) is 6.26 Å². The fourth-order valence-corrected chi connectivity index (χ4v) is 2.01. The molecule has 1 rings (SSSR count). The van der Waals surface area contributed by atoms with Crippen LogP contribution in [0.1, 0.15) is 51.9 Å². The van der Waals surface area contributed by atoms with E-state index in [0.717, 1.165) is 6.54 Å². The molecule has 3 unspecified atom stereocenters. The van der Waals surface area contributed by atoms with Crippen molar-refractivity contribution < 1.29 is 9.52 Å². The van der Waals surface area contributed by atoms with Gasteiger partial charge in [-0.25, -0.2) is 0 Å². The monoisotopic (exact) mass is 239 g/mol. The Bertz CT molecular complexity index is 284. The van der Waals surface area contributed by atoms with E-state index in [2.05, 4.69) is 26.1 Å². The predicted octanol–water partition coefficient (Wildman–Crippen LogP) is 3.12. The first kappa shape index (κ1) is 14.3. The van der Waals surface area contributed by atoms with Gasteiger partial charge in [-0.15, -0.1) is 0 Å². The van der Waals surface area contributed by atoms with Crippen LogP contribution in [0.5, 0.6) is 0 Å². The summed E-state index contributed by atoms with van der Waals surface area (Å²) < 4.78 is 5.18. The lowest BCUT2D eigenvalue weighted by Crippen LogP contribution is -2.31. The van der Waals surface area contributed by atoms with Gasteiger partial charge in [0.15, 0.2) is 0 Å². The lowest BCUT2D eigenvalue weighted by atomic mass is 10.0. The van der Waals surface area contributed by atoms with Crippen LogP contribution in [0.15, 0.2) is 22.8 Å². The van der Waals surface area contributed by atoms with Gasteiger partial charge in [0.1, 0.15) is 11.9 Å². The molecule has 17 heavy (non-hydrogen) atoms. The predicted molar refractivity (Wildman–Crippen MR) is 69.8 cm³/mol. The zero-order valence-electron chi connectivity index (χ0n) is 11.1. The molecule has 0 spiro atoms. The summed E-state index contributed by atoms with van der Waals surface area (Å²) in [6.07, 6.45) is 4.26. The molecular weight excluding hydrogens is 214 g/mol. The Morgan fingerprint density at radius 1 is 1.41 bits per heavy atom. The second-order valence-corrected chi connectivity index (χ2v) is 4.97. The van der Waals surface area contributed by atoms with Gasteiger partial charge in [-0.3, -0.25) is 0 Å². The first-order valence-corrected chi connectivity index (χ1v) is 6.58.